The second-order valence-corrected chi connectivity index (χ2v) is 13.5. The second kappa shape index (κ2) is 32.8. The largest absolute Gasteiger partial charge is 0.347 e. The molecule has 3 nitrogen and oxygen atoms in total. The molecule has 45 heavy (non-hydrogen) atoms. The van der Waals surface area contributed by atoms with Gasteiger partial charge in [0.05, 0.1) is 12.7 Å². The quantitative estimate of drug-likeness (QED) is 0.0580. The summed E-state index contributed by atoms with van der Waals surface area (Å²) in [6.07, 6.45) is 53.3. The van der Waals surface area contributed by atoms with Gasteiger partial charge >= 0.3 is 0 Å². The third-order valence-electron chi connectivity index (χ3n) is 9.15. The molecule has 1 aliphatic heterocycles. The molecular weight excluding hydrogens is 550 g/mol. The maximum atomic E-state index is 6.61. The molecular formula is C42H77NO2. The Morgan fingerprint density at radius 3 is 1.36 bits per heavy atom. The molecule has 0 aromatic carbocycles. The minimum Gasteiger partial charge on any atom is -0.347 e. The van der Waals surface area contributed by atoms with E-state index in [2.05, 4.69) is 67.8 Å². The molecule has 0 amide bonds. The Hall–Kier alpha value is -1.16. The van der Waals surface area contributed by atoms with Crippen LogP contribution in [-0.4, -0.2) is 32.1 Å². The van der Waals surface area contributed by atoms with Gasteiger partial charge in [-0.3, -0.25) is 0 Å². The maximum absolute atomic E-state index is 6.61. The van der Waals surface area contributed by atoms with E-state index in [4.69, 9.17) is 9.47 Å². The first-order chi connectivity index (χ1) is 22.3. The molecule has 1 unspecified atom stereocenters. The number of rotatable bonds is 33. The van der Waals surface area contributed by atoms with E-state index in [1.54, 1.807) is 0 Å². The topological polar surface area (TPSA) is 30.5 Å². The van der Waals surface area contributed by atoms with E-state index in [0.29, 0.717) is 0 Å². The third-order valence-corrected chi connectivity index (χ3v) is 9.15. The normalized spacial score (nSPS) is 19.0. The molecule has 1 heterocycles. The lowest BCUT2D eigenvalue weighted by Gasteiger charge is -2.28. The van der Waals surface area contributed by atoms with Gasteiger partial charge in [0.1, 0.15) is 0 Å². The fraction of sp³-hybridized carbons (Fsp3) is 0.810. The summed E-state index contributed by atoms with van der Waals surface area (Å²) in [6, 6.07) is 0. The SMILES string of the molecule is CCCCCC=CCC=CCCCCCCCCC1(CCCCCCCCC=CCC=CCCCCC)OCC(CCNC)O1. The number of hydrogen-bond acceptors (Lipinski definition) is 3. The molecule has 1 fully saturated rings. The first-order valence-electron chi connectivity index (χ1n) is 19.8. The molecule has 0 bridgehead atoms. The maximum Gasteiger partial charge on any atom is 0.168 e. The first kappa shape index (κ1) is 41.9. The van der Waals surface area contributed by atoms with Crippen molar-refractivity contribution in [3.8, 4) is 0 Å². The Kier molecular flexibility index (Phi) is 30.5. The van der Waals surface area contributed by atoms with Crippen molar-refractivity contribution in [1.29, 1.82) is 0 Å². The fourth-order valence-corrected chi connectivity index (χ4v) is 6.22. The summed E-state index contributed by atoms with van der Waals surface area (Å²) in [5.41, 5.74) is 0. The highest BCUT2D eigenvalue weighted by molar-refractivity contribution is 4.93. The molecule has 0 spiro atoms. The van der Waals surface area contributed by atoms with Crippen LogP contribution in [0.2, 0.25) is 0 Å². The van der Waals surface area contributed by atoms with Gasteiger partial charge in [-0.05, 0) is 97.1 Å². The molecule has 0 aliphatic carbocycles. The van der Waals surface area contributed by atoms with Gasteiger partial charge in [-0.1, -0.05) is 140 Å². The Morgan fingerprint density at radius 2 is 0.933 bits per heavy atom. The van der Waals surface area contributed by atoms with Crippen LogP contribution in [0.5, 0.6) is 0 Å². The highest BCUT2D eigenvalue weighted by atomic mass is 16.7. The summed E-state index contributed by atoms with van der Waals surface area (Å²) in [5.74, 6) is -0.317. The van der Waals surface area contributed by atoms with Crippen LogP contribution in [0.15, 0.2) is 48.6 Å². The predicted octanol–water partition coefficient (Wildman–Crippen LogP) is 13.1. The monoisotopic (exact) mass is 628 g/mol. The van der Waals surface area contributed by atoms with E-state index >= 15 is 0 Å². The highest BCUT2D eigenvalue weighted by Gasteiger charge is 2.40. The zero-order valence-electron chi connectivity index (χ0n) is 30.5. The smallest absolute Gasteiger partial charge is 0.168 e. The molecule has 1 N–H and O–H groups in total. The number of unbranched alkanes of at least 4 members (excludes halogenated alkanes) is 18. The average Bonchev–Trinajstić information content (AvgIpc) is 3.46. The van der Waals surface area contributed by atoms with Crippen LogP contribution in [0.3, 0.4) is 0 Å². The van der Waals surface area contributed by atoms with Crippen LogP contribution in [0.1, 0.15) is 187 Å². The minimum absolute atomic E-state index is 0.256. The van der Waals surface area contributed by atoms with Gasteiger partial charge in [0.15, 0.2) is 5.79 Å². The number of ether oxygens (including phenoxy) is 2. The summed E-state index contributed by atoms with van der Waals surface area (Å²) in [4.78, 5) is 0. The molecule has 1 rings (SSSR count). The zero-order chi connectivity index (χ0) is 32.4. The van der Waals surface area contributed by atoms with E-state index in [9.17, 15) is 0 Å². The van der Waals surface area contributed by atoms with Crippen molar-refractivity contribution < 1.29 is 9.47 Å². The molecule has 0 saturated carbocycles. The molecule has 262 valence electrons. The lowest BCUT2D eigenvalue weighted by molar-refractivity contribution is -0.179. The molecule has 0 radical (unpaired) electrons. The van der Waals surface area contributed by atoms with Crippen molar-refractivity contribution in [3.05, 3.63) is 48.6 Å². The first-order valence-corrected chi connectivity index (χ1v) is 19.8. The summed E-state index contributed by atoms with van der Waals surface area (Å²) in [6.45, 7) is 6.31. The molecule has 1 aliphatic rings. The van der Waals surface area contributed by atoms with Crippen LogP contribution in [0.25, 0.3) is 0 Å². The minimum atomic E-state index is -0.317. The van der Waals surface area contributed by atoms with Crippen molar-refractivity contribution in [2.75, 3.05) is 20.2 Å². The Balaban J connectivity index is 2.12. The van der Waals surface area contributed by atoms with E-state index in [1.807, 2.05) is 7.05 Å². The molecule has 3 heteroatoms. The Labute approximate surface area is 282 Å². The van der Waals surface area contributed by atoms with Crippen molar-refractivity contribution >= 4 is 0 Å². The van der Waals surface area contributed by atoms with E-state index < -0.39 is 0 Å². The van der Waals surface area contributed by atoms with Crippen molar-refractivity contribution in [3.63, 3.8) is 0 Å². The molecule has 1 atom stereocenters. The summed E-state index contributed by atoms with van der Waals surface area (Å²) >= 11 is 0. The Bertz CT molecular complexity index is 676. The Morgan fingerprint density at radius 1 is 0.533 bits per heavy atom. The summed E-state index contributed by atoms with van der Waals surface area (Å²) in [5, 5.41) is 3.28. The third kappa shape index (κ3) is 26.6. The van der Waals surface area contributed by atoms with Gasteiger partial charge in [0.2, 0.25) is 0 Å². The van der Waals surface area contributed by atoms with Gasteiger partial charge < -0.3 is 14.8 Å². The van der Waals surface area contributed by atoms with Crippen molar-refractivity contribution in [1.82, 2.24) is 5.32 Å². The van der Waals surface area contributed by atoms with Crippen molar-refractivity contribution in [2.45, 2.75) is 199 Å². The number of allylic oxidation sites excluding steroid dienone is 8. The zero-order valence-corrected chi connectivity index (χ0v) is 30.5. The number of hydrogen-bond donors (Lipinski definition) is 1. The van der Waals surface area contributed by atoms with Gasteiger partial charge in [-0.2, -0.15) is 0 Å². The van der Waals surface area contributed by atoms with E-state index in [0.717, 1.165) is 45.3 Å². The van der Waals surface area contributed by atoms with Crippen LogP contribution >= 0.6 is 0 Å². The van der Waals surface area contributed by atoms with Crippen LogP contribution < -0.4 is 5.32 Å². The van der Waals surface area contributed by atoms with Gasteiger partial charge in [0.25, 0.3) is 0 Å². The van der Waals surface area contributed by atoms with Gasteiger partial charge in [-0.25, -0.2) is 0 Å². The highest BCUT2D eigenvalue weighted by Crippen LogP contribution is 2.35. The van der Waals surface area contributed by atoms with Crippen LogP contribution in [-0.2, 0) is 9.47 Å². The lowest BCUT2D eigenvalue weighted by atomic mass is 9.98. The average molecular weight is 628 g/mol. The van der Waals surface area contributed by atoms with Crippen LogP contribution in [0, 0.1) is 0 Å². The van der Waals surface area contributed by atoms with Crippen molar-refractivity contribution in [2.24, 2.45) is 0 Å². The van der Waals surface area contributed by atoms with Crippen LogP contribution in [0.4, 0.5) is 0 Å². The van der Waals surface area contributed by atoms with E-state index in [-0.39, 0.29) is 11.9 Å². The predicted molar refractivity (Wildman–Crippen MR) is 200 cm³/mol. The molecule has 1 saturated heterocycles. The summed E-state index contributed by atoms with van der Waals surface area (Å²) < 4.78 is 13.0. The standard InChI is InChI=1S/C42H77NO2/c1-4-6-8-10-12-14-16-18-20-22-24-26-28-30-32-34-37-42(44-40-41(45-42)36-39-43-3)38-35-33-31-29-27-25-23-21-19-17-15-13-11-9-7-5-2/h12-15,18-21,41,43H,4-11,16-17,22-40H2,1-3H3. The molecule has 0 aromatic heterocycles. The fourth-order valence-electron chi connectivity index (χ4n) is 6.22. The lowest BCUT2D eigenvalue weighted by Crippen LogP contribution is -2.31. The van der Waals surface area contributed by atoms with Gasteiger partial charge in [-0.15, -0.1) is 0 Å². The second-order valence-electron chi connectivity index (χ2n) is 13.5. The number of nitrogens with one attached hydrogen (secondary N) is 1. The summed E-state index contributed by atoms with van der Waals surface area (Å²) in [7, 11) is 2.03. The molecule has 0 aromatic rings. The van der Waals surface area contributed by atoms with Gasteiger partial charge in [0, 0.05) is 12.8 Å². The van der Waals surface area contributed by atoms with E-state index in [1.165, 1.54) is 141 Å².